The fourth-order valence-corrected chi connectivity index (χ4v) is 2.12. The molecule has 0 unspecified atom stereocenters. The van der Waals surface area contributed by atoms with Crippen molar-refractivity contribution in [1.29, 1.82) is 0 Å². The average Bonchev–Trinajstić information content (AvgIpc) is 2.50. The van der Waals surface area contributed by atoms with E-state index < -0.39 is 0 Å². The van der Waals surface area contributed by atoms with E-state index in [2.05, 4.69) is 22.2 Å². The number of rotatable bonds is 4. The second-order valence-electron chi connectivity index (χ2n) is 4.65. The van der Waals surface area contributed by atoms with Gasteiger partial charge in [0, 0.05) is 37.7 Å². The van der Waals surface area contributed by atoms with Crippen LogP contribution in [-0.2, 0) is 4.79 Å². The maximum Gasteiger partial charge on any atom is 0.251 e. The van der Waals surface area contributed by atoms with E-state index in [0.717, 1.165) is 16.5 Å². The molecule has 0 bridgehead atoms. The number of pyridine rings is 1. The first-order valence-electron chi connectivity index (χ1n) is 6.57. The Hall–Kier alpha value is -2.69. The number of nitrogens with zero attached hydrogens (tertiary/aromatic N) is 1. The van der Waals surface area contributed by atoms with Crippen molar-refractivity contribution in [3.8, 4) is 0 Å². The standard InChI is InChI=1S/C16H17N3O2/c1-10(9-19-11(2)20)12-5-4-6-13-14(16(21)17-3)7-8-18-15(12)13/h4-8H,1,9H2,2-3H3,(H,17,21)(H,19,20). The zero-order chi connectivity index (χ0) is 15.4. The van der Waals surface area contributed by atoms with Gasteiger partial charge in [0.25, 0.3) is 5.91 Å². The first-order valence-corrected chi connectivity index (χ1v) is 6.57. The summed E-state index contributed by atoms with van der Waals surface area (Å²) in [6.45, 7) is 5.79. The number of hydrogen-bond acceptors (Lipinski definition) is 3. The van der Waals surface area contributed by atoms with Gasteiger partial charge >= 0.3 is 0 Å². The van der Waals surface area contributed by atoms with Gasteiger partial charge in [-0.2, -0.15) is 0 Å². The normalized spacial score (nSPS) is 10.2. The summed E-state index contributed by atoms with van der Waals surface area (Å²) in [5.74, 6) is -0.276. The van der Waals surface area contributed by atoms with E-state index in [-0.39, 0.29) is 11.8 Å². The highest BCUT2D eigenvalue weighted by molar-refractivity contribution is 6.07. The van der Waals surface area contributed by atoms with E-state index in [9.17, 15) is 9.59 Å². The van der Waals surface area contributed by atoms with Crippen LogP contribution in [0.1, 0.15) is 22.8 Å². The van der Waals surface area contributed by atoms with Crippen molar-refractivity contribution in [3.63, 3.8) is 0 Å². The molecule has 2 aromatic rings. The van der Waals surface area contributed by atoms with Crippen LogP contribution in [0.15, 0.2) is 37.0 Å². The second kappa shape index (κ2) is 6.17. The van der Waals surface area contributed by atoms with E-state index in [1.807, 2.05) is 18.2 Å². The van der Waals surface area contributed by atoms with Crippen LogP contribution >= 0.6 is 0 Å². The minimum atomic E-state index is -0.160. The summed E-state index contributed by atoms with van der Waals surface area (Å²) in [5.41, 5.74) is 2.84. The predicted molar refractivity (Wildman–Crippen MR) is 82.9 cm³/mol. The first-order chi connectivity index (χ1) is 10.0. The molecule has 108 valence electrons. The molecule has 1 heterocycles. The summed E-state index contributed by atoms with van der Waals surface area (Å²) in [7, 11) is 1.59. The highest BCUT2D eigenvalue weighted by Crippen LogP contribution is 2.24. The van der Waals surface area contributed by atoms with E-state index in [1.54, 1.807) is 19.3 Å². The fourth-order valence-electron chi connectivity index (χ4n) is 2.12. The van der Waals surface area contributed by atoms with Crippen molar-refractivity contribution in [1.82, 2.24) is 15.6 Å². The summed E-state index contributed by atoms with van der Waals surface area (Å²) >= 11 is 0. The van der Waals surface area contributed by atoms with Gasteiger partial charge in [-0.3, -0.25) is 14.6 Å². The molecular formula is C16H17N3O2. The molecule has 0 saturated carbocycles. The zero-order valence-corrected chi connectivity index (χ0v) is 12.1. The Kier molecular flexibility index (Phi) is 4.33. The number of para-hydroxylation sites is 1. The Balaban J connectivity index is 2.49. The fraction of sp³-hybridized carbons (Fsp3) is 0.188. The zero-order valence-electron chi connectivity index (χ0n) is 12.1. The molecule has 0 atom stereocenters. The summed E-state index contributed by atoms with van der Waals surface area (Å²) in [6, 6.07) is 7.27. The van der Waals surface area contributed by atoms with Gasteiger partial charge in [-0.25, -0.2) is 0 Å². The molecule has 1 aromatic heterocycles. The minimum absolute atomic E-state index is 0.115. The van der Waals surface area contributed by atoms with E-state index >= 15 is 0 Å². The van der Waals surface area contributed by atoms with Crippen LogP contribution in [-0.4, -0.2) is 30.4 Å². The van der Waals surface area contributed by atoms with Crippen molar-refractivity contribution < 1.29 is 9.59 Å². The Bertz CT molecular complexity index is 723. The SMILES string of the molecule is C=C(CNC(C)=O)c1cccc2c(C(=O)NC)ccnc12. The lowest BCUT2D eigenvalue weighted by Crippen LogP contribution is -2.21. The molecule has 0 radical (unpaired) electrons. The van der Waals surface area contributed by atoms with Crippen LogP contribution in [0.5, 0.6) is 0 Å². The number of fused-ring (bicyclic) bond motifs is 1. The van der Waals surface area contributed by atoms with Crippen molar-refractivity contribution in [2.75, 3.05) is 13.6 Å². The van der Waals surface area contributed by atoms with Gasteiger partial charge < -0.3 is 10.6 Å². The van der Waals surface area contributed by atoms with Crippen LogP contribution in [0.4, 0.5) is 0 Å². The summed E-state index contributed by atoms with van der Waals surface area (Å²) in [4.78, 5) is 27.3. The molecule has 5 heteroatoms. The van der Waals surface area contributed by atoms with E-state index in [0.29, 0.717) is 17.6 Å². The number of aromatic nitrogens is 1. The number of hydrogen-bond donors (Lipinski definition) is 2. The number of amides is 2. The second-order valence-corrected chi connectivity index (χ2v) is 4.65. The largest absolute Gasteiger partial charge is 0.355 e. The van der Waals surface area contributed by atoms with E-state index in [1.165, 1.54) is 6.92 Å². The topological polar surface area (TPSA) is 71.1 Å². The van der Waals surface area contributed by atoms with Crippen molar-refractivity contribution in [2.24, 2.45) is 0 Å². The molecule has 0 spiro atoms. The van der Waals surface area contributed by atoms with Crippen molar-refractivity contribution in [2.45, 2.75) is 6.92 Å². The minimum Gasteiger partial charge on any atom is -0.355 e. The molecule has 21 heavy (non-hydrogen) atoms. The number of carbonyl (C=O) groups is 2. The predicted octanol–water partition coefficient (Wildman–Crippen LogP) is 1.74. The molecule has 2 N–H and O–H groups in total. The van der Waals surface area contributed by atoms with E-state index in [4.69, 9.17) is 0 Å². The highest BCUT2D eigenvalue weighted by atomic mass is 16.2. The molecule has 2 rings (SSSR count). The van der Waals surface area contributed by atoms with Gasteiger partial charge in [0.2, 0.25) is 5.91 Å². The van der Waals surface area contributed by atoms with Gasteiger partial charge in [-0.15, -0.1) is 0 Å². The Morgan fingerprint density at radius 1 is 1.24 bits per heavy atom. The Morgan fingerprint density at radius 2 is 2.00 bits per heavy atom. The molecule has 1 aromatic carbocycles. The number of nitrogens with one attached hydrogen (secondary N) is 2. The molecule has 2 amide bonds. The summed E-state index contributed by atoms with van der Waals surface area (Å²) in [6.07, 6.45) is 1.60. The molecule has 0 aliphatic heterocycles. The monoisotopic (exact) mass is 283 g/mol. The maximum atomic E-state index is 11.9. The van der Waals surface area contributed by atoms with Crippen LogP contribution in [0, 0.1) is 0 Å². The van der Waals surface area contributed by atoms with Crippen LogP contribution in [0.3, 0.4) is 0 Å². The van der Waals surface area contributed by atoms with Gasteiger partial charge in [0.1, 0.15) is 0 Å². The van der Waals surface area contributed by atoms with Crippen molar-refractivity contribution in [3.05, 3.63) is 48.2 Å². The molecule has 0 saturated heterocycles. The Morgan fingerprint density at radius 3 is 2.67 bits per heavy atom. The third kappa shape index (κ3) is 3.08. The van der Waals surface area contributed by atoms with Crippen LogP contribution in [0.2, 0.25) is 0 Å². The molecule has 0 fully saturated rings. The summed E-state index contributed by atoms with van der Waals surface area (Å²) < 4.78 is 0. The maximum absolute atomic E-state index is 11.9. The number of benzene rings is 1. The molecular weight excluding hydrogens is 266 g/mol. The molecule has 5 nitrogen and oxygen atoms in total. The average molecular weight is 283 g/mol. The smallest absolute Gasteiger partial charge is 0.251 e. The lowest BCUT2D eigenvalue weighted by molar-refractivity contribution is -0.118. The molecule has 0 aliphatic carbocycles. The highest BCUT2D eigenvalue weighted by Gasteiger charge is 2.12. The van der Waals surface area contributed by atoms with Gasteiger partial charge in [0.15, 0.2) is 0 Å². The van der Waals surface area contributed by atoms with Crippen molar-refractivity contribution >= 4 is 28.3 Å². The lowest BCUT2D eigenvalue weighted by atomic mass is 10.00. The van der Waals surface area contributed by atoms with Gasteiger partial charge in [0.05, 0.1) is 11.1 Å². The molecule has 0 aliphatic rings. The van der Waals surface area contributed by atoms with Gasteiger partial charge in [-0.05, 0) is 11.6 Å². The lowest BCUT2D eigenvalue weighted by Gasteiger charge is -2.11. The third-order valence-electron chi connectivity index (χ3n) is 3.17. The summed E-state index contributed by atoms with van der Waals surface area (Å²) in [5, 5.41) is 6.09. The quantitative estimate of drug-likeness (QED) is 0.898. The van der Waals surface area contributed by atoms with Gasteiger partial charge in [-0.1, -0.05) is 24.8 Å². The Labute approximate surface area is 123 Å². The van der Waals surface area contributed by atoms with Crippen LogP contribution in [0.25, 0.3) is 16.5 Å². The number of carbonyl (C=O) groups excluding carboxylic acids is 2. The van der Waals surface area contributed by atoms with Crippen LogP contribution < -0.4 is 10.6 Å². The third-order valence-corrected chi connectivity index (χ3v) is 3.17. The first kappa shape index (κ1) is 14.7.